The van der Waals surface area contributed by atoms with E-state index in [0.29, 0.717) is 12.2 Å². The minimum Gasteiger partial charge on any atom is -0.357 e. The van der Waals surface area contributed by atoms with Gasteiger partial charge in [0.1, 0.15) is 0 Å². The van der Waals surface area contributed by atoms with Crippen molar-refractivity contribution >= 4 is 40.0 Å². The largest absolute Gasteiger partial charge is 0.357 e. The number of carbonyl (C=O) groups excluding carboxylic acids is 2. The summed E-state index contributed by atoms with van der Waals surface area (Å²) < 4.78 is 0. The first-order chi connectivity index (χ1) is 13.1. The minimum atomic E-state index is -0.402. The summed E-state index contributed by atoms with van der Waals surface area (Å²) in [5.74, 6) is -0.265. The van der Waals surface area contributed by atoms with Crippen LogP contribution < -0.4 is 4.90 Å². The van der Waals surface area contributed by atoms with Gasteiger partial charge in [-0.3, -0.25) is 14.5 Å². The highest BCUT2D eigenvalue weighted by atomic mass is 35.5. The zero-order chi connectivity index (χ0) is 18.5. The molecule has 0 unspecified atom stereocenters. The van der Waals surface area contributed by atoms with Crippen molar-refractivity contribution in [3.05, 3.63) is 64.8 Å². The Bertz CT molecular complexity index is 1060. The summed E-state index contributed by atoms with van der Waals surface area (Å²) >= 11 is 6.15. The van der Waals surface area contributed by atoms with E-state index in [2.05, 4.69) is 9.88 Å². The van der Waals surface area contributed by atoms with Crippen LogP contribution in [0.15, 0.2) is 48.5 Å². The van der Waals surface area contributed by atoms with E-state index in [4.69, 9.17) is 11.6 Å². The number of aromatic amines is 1. The smallest absolute Gasteiger partial charge is 0.251 e. The molecule has 1 fully saturated rings. The van der Waals surface area contributed by atoms with E-state index in [9.17, 15) is 9.59 Å². The van der Waals surface area contributed by atoms with Gasteiger partial charge >= 0.3 is 0 Å². The molecule has 0 spiro atoms. The summed E-state index contributed by atoms with van der Waals surface area (Å²) in [5, 5.41) is 1.87. The van der Waals surface area contributed by atoms with Gasteiger partial charge in [0.15, 0.2) is 0 Å². The van der Waals surface area contributed by atoms with Crippen LogP contribution in [0.4, 0.5) is 5.69 Å². The van der Waals surface area contributed by atoms with Crippen molar-refractivity contribution in [2.24, 2.45) is 0 Å². The molecule has 5 nitrogen and oxygen atoms in total. The van der Waals surface area contributed by atoms with Crippen molar-refractivity contribution in [1.29, 1.82) is 0 Å². The third-order valence-corrected chi connectivity index (χ3v) is 5.78. The molecular formula is C21H18ClN3O2. The highest BCUT2D eigenvalue weighted by Gasteiger charge is 2.43. The number of anilines is 1. The molecule has 2 amide bonds. The molecule has 0 radical (unpaired) electrons. The SMILES string of the molecule is O=C1C[C@H](N2CCc3c([nH]c4ccc(Cl)cc34)C2)C(=O)N1c1ccccc1. The van der Waals surface area contributed by atoms with Gasteiger partial charge in [0.2, 0.25) is 5.91 Å². The van der Waals surface area contributed by atoms with Crippen LogP contribution in [0.1, 0.15) is 17.7 Å². The molecule has 1 aromatic heterocycles. The molecule has 136 valence electrons. The lowest BCUT2D eigenvalue weighted by atomic mass is 10.0. The van der Waals surface area contributed by atoms with E-state index in [0.717, 1.165) is 34.6 Å². The Morgan fingerprint density at radius 3 is 2.70 bits per heavy atom. The normalized spacial score (nSPS) is 20.5. The fourth-order valence-electron chi connectivity index (χ4n) is 4.25. The molecule has 0 aliphatic carbocycles. The maximum absolute atomic E-state index is 13.0. The van der Waals surface area contributed by atoms with Crippen molar-refractivity contribution in [2.45, 2.75) is 25.4 Å². The summed E-state index contributed by atoms with van der Waals surface area (Å²) in [6.45, 7) is 1.38. The molecule has 1 saturated heterocycles. The monoisotopic (exact) mass is 379 g/mol. The summed E-state index contributed by atoms with van der Waals surface area (Å²) in [4.78, 5) is 32.4. The average molecular weight is 380 g/mol. The molecule has 0 saturated carbocycles. The standard InChI is InChI=1S/C21H18ClN3O2/c22-13-6-7-17-16(10-13)15-8-9-24(12-18(15)23-17)19-11-20(26)25(21(19)27)14-4-2-1-3-5-14/h1-7,10,19,23H,8-9,11-12H2/t19-/m0/s1. The number of amides is 2. The Morgan fingerprint density at radius 2 is 1.89 bits per heavy atom. The second-order valence-electron chi connectivity index (χ2n) is 7.12. The molecule has 27 heavy (non-hydrogen) atoms. The highest BCUT2D eigenvalue weighted by molar-refractivity contribution is 6.31. The van der Waals surface area contributed by atoms with Crippen molar-refractivity contribution in [2.75, 3.05) is 11.4 Å². The van der Waals surface area contributed by atoms with Gasteiger partial charge in [0, 0.05) is 34.7 Å². The maximum Gasteiger partial charge on any atom is 0.251 e. The number of rotatable bonds is 2. The van der Waals surface area contributed by atoms with Gasteiger partial charge in [-0.1, -0.05) is 29.8 Å². The number of aromatic nitrogens is 1. The Morgan fingerprint density at radius 1 is 1.07 bits per heavy atom. The molecule has 2 aromatic carbocycles. The van der Waals surface area contributed by atoms with E-state index >= 15 is 0 Å². The van der Waals surface area contributed by atoms with Crippen LogP contribution in [0.2, 0.25) is 5.02 Å². The van der Waals surface area contributed by atoms with Gasteiger partial charge in [-0.05, 0) is 42.3 Å². The van der Waals surface area contributed by atoms with Crippen LogP contribution >= 0.6 is 11.6 Å². The molecule has 1 N–H and O–H groups in total. The summed E-state index contributed by atoms with van der Waals surface area (Å²) in [5.41, 5.74) is 4.08. The zero-order valence-corrected chi connectivity index (χ0v) is 15.4. The van der Waals surface area contributed by atoms with Gasteiger partial charge in [-0.2, -0.15) is 0 Å². The summed E-state index contributed by atoms with van der Waals surface area (Å²) in [6.07, 6.45) is 1.06. The third kappa shape index (κ3) is 2.66. The number of imide groups is 1. The molecule has 6 heteroatoms. The molecule has 1 atom stereocenters. The lowest BCUT2D eigenvalue weighted by Gasteiger charge is -2.30. The number of hydrogen-bond acceptors (Lipinski definition) is 3. The first-order valence-electron chi connectivity index (χ1n) is 9.07. The predicted molar refractivity (Wildman–Crippen MR) is 105 cm³/mol. The number of para-hydroxylation sites is 1. The second kappa shape index (κ2) is 6.22. The Labute approximate surface area is 161 Å². The van der Waals surface area contributed by atoms with E-state index in [1.807, 2.05) is 36.4 Å². The van der Waals surface area contributed by atoms with Crippen molar-refractivity contribution in [1.82, 2.24) is 9.88 Å². The molecule has 0 bridgehead atoms. The van der Waals surface area contributed by atoms with E-state index in [1.165, 1.54) is 10.5 Å². The second-order valence-corrected chi connectivity index (χ2v) is 7.55. The fourth-order valence-corrected chi connectivity index (χ4v) is 4.42. The van der Waals surface area contributed by atoms with Gasteiger partial charge in [0.25, 0.3) is 5.91 Å². The van der Waals surface area contributed by atoms with Crippen molar-refractivity contribution < 1.29 is 9.59 Å². The fraction of sp³-hybridized carbons (Fsp3) is 0.238. The van der Waals surface area contributed by atoms with E-state index in [-0.39, 0.29) is 18.2 Å². The van der Waals surface area contributed by atoms with Crippen LogP contribution in [0.5, 0.6) is 0 Å². The molecule has 3 heterocycles. The molecule has 2 aliphatic rings. The number of H-pyrrole nitrogens is 1. The number of nitrogens with one attached hydrogen (secondary N) is 1. The molecule has 5 rings (SSSR count). The van der Waals surface area contributed by atoms with E-state index in [1.54, 1.807) is 12.1 Å². The lowest BCUT2D eigenvalue weighted by Crippen LogP contribution is -2.44. The number of nitrogens with zero attached hydrogens (tertiary/aromatic N) is 2. The number of carbonyl (C=O) groups is 2. The molecule has 3 aromatic rings. The molecule has 2 aliphatic heterocycles. The third-order valence-electron chi connectivity index (χ3n) is 5.54. The van der Waals surface area contributed by atoms with Crippen LogP contribution in [0.3, 0.4) is 0 Å². The summed E-state index contributed by atoms with van der Waals surface area (Å²) in [6, 6.07) is 14.6. The quantitative estimate of drug-likeness (QED) is 0.693. The molecular weight excluding hydrogens is 362 g/mol. The lowest BCUT2D eigenvalue weighted by molar-refractivity contribution is -0.123. The van der Waals surface area contributed by atoms with Crippen LogP contribution in [0.25, 0.3) is 10.9 Å². The summed E-state index contributed by atoms with van der Waals surface area (Å²) in [7, 11) is 0. The first kappa shape index (κ1) is 16.5. The number of fused-ring (bicyclic) bond motifs is 3. The topological polar surface area (TPSA) is 56.4 Å². The van der Waals surface area contributed by atoms with Gasteiger partial charge < -0.3 is 4.98 Å². The van der Waals surface area contributed by atoms with Crippen LogP contribution in [0, 0.1) is 0 Å². The van der Waals surface area contributed by atoms with Crippen molar-refractivity contribution in [3.63, 3.8) is 0 Å². The Kier molecular flexibility index (Phi) is 3.81. The highest BCUT2D eigenvalue weighted by Crippen LogP contribution is 2.33. The van der Waals surface area contributed by atoms with E-state index < -0.39 is 6.04 Å². The van der Waals surface area contributed by atoms with Crippen LogP contribution in [-0.4, -0.2) is 34.3 Å². The maximum atomic E-state index is 13.0. The van der Waals surface area contributed by atoms with Gasteiger partial charge in [0.05, 0.1) is 18.2 Å². The average Bonchev–Trinajstić information content (AvgIpc) is 3.18. The Balaban J connectivity index is 1.43. The van der Waals surface area contributed by atoms with Crippen LogP contribution in [-0.2, 0) is 22.6 Å². The van der Waals surface area contributed by atoms with Gasteiger partial charge in [-0.25, -0.2) is 4.90 Å². The number of hydrogen-bond donors (Lipinski definition) is 1. The minimum absolute atomic E-state index is 0.131. The Hall–Kier alpha value is -2.63. The zero-order valence-electron chi connectivity index (χ0n) is 14.6. The number of halogens is 1. The predicted octanol–water partition coefficient (Wildman–Crippen LogP) is 3.51. The first-order valence-corrected chi connectivity index (χ1v) is 9.44. The van der Waals surface area contributed by atoms with Crippen molar-refractivity contribution in [3.8, 4) is 0 Å². The van der Waals surface area contributed by atoms with Gasteiger partial charge in [-0.15, -0.1) is 0 Å². The number of benzene rings is 2.